The summed E-state index contributed by atoms with van der Waals surface area (Å²) >= 11 is 0. The van der Waals surface area contributed by atoms with Crippen molar-refractivity contribution in [1.82, 2.24) is 115 Å². The van der Waals surface area contributed by atoms with Crippen LogP contribution in [0.2, 0.25) is 0 Å². The van der Waals surface area contributed by atoms with Crippen molar-refractivity contribution in [3.05, 3.63) is 150 Å². The topological polar surface area (TPSA) is 417 Å². The number of anilines is 4. The highest BCUT2D eigenvalue weighted by molar-refractivity contribution is 5.88. The summed E-state index contributed by atoms with van der Waals surface area (Å²) in [6, 6.07) is 1.91. The number of hydrogen-bond acceptors (Lipinski definition) is 26. The second-order valence-electron chi connectivity index (χ2n) is 16.4. The van der Waals surface area contributed by atoms with E-state index in [1.165, 1.54) is 12.7 Å². The number of aromatic nitrogens is 23. The van der Waals surface area contributed by atoms with E-state index in [0.717, 1.165) is 72.9 Å². The van der Waals surface area contributed by atoms with Crippen molar-refractivity contribution in [2.45, 2.75) is 66.8 Å². The Kier molecular flexibility index (Phi) is 16.8. The first kappa shape index (κ1) is 51.6. The van der Waals surface area contributed by atoms with Crippen LogP contribution in [0.1, 0.15) is 57.2 Å². The number of aryl methyl sites for hydroxylation is 3. The van der Waals surface area contributed by atoms with Gasteiger partial charge in [-0.15, -0.1) is 0 Å². The fourth-order valence-corrected chi connectivity index (χ4v) is 6.95. The Hall–Kier alpha value is -10.3. The Balaban J connectivity index is 0.000000125. The zero-order chi connectivity index (χ0) is 53.3. The van der Waals surface area contributed by atoms with Gasteiger partial charge in [-0.05, 0) is 26.8 Å². The zero-order valence-electron chi connectivity index (χ0n) is 41.4. The van der Waals surface area contributed by atoms with Gasteiger partial charge in [0.15, 0.2) is 16.9 Å². The predicted octanol–water partition coefficient (Wildman–Crippen LogP) is 3.03. The Morgan fingerprint density at radius 2 is 0.740 bits per heavy atom. The summed E-state index contributed by atoms with van der Waals surface area (Å²) in [5.41, 5.74) is 8.59. The molecule has 12 heterocycles. The molecule has 0 aliphatic carbocycles. The molecule has 0 saturated carbocycles. The zero-order valence-corrected chi connectivity index (χ0v) is 41.4. The summed E-state index contributed by atoms with van der Waals surface area (Å²) in [7, 11) is 0. The maximum absolute atomic E-state index is 8.92. The van der Waals surface area contributed by atoms with Crippen LogP contribution in [0.4, 0.5) is 23.3 Å². The van der Waals surface area contributed by atoms with Crippen molar-refractivity contribution >= 4 is 67.4 Å². The highest BCUT2D eigenvalue weighted by Gasteiger charge is 2.11. The summed E-state index contributed by atoms with van der Waals surface area (Å²) in [5, 5.41) is 63.2. The molecular formula is C47H49N27O3. The molecule has 77 heavy (non-hydrogen) atoms. The van der Waals surface area contributed by atoms with E-state index in [1.807, 2.05) is 33.0 Å². The lowest BCUT2D eigenvalue weighted by Gasteiger charge is -2.06. The SMILES string of the molecule is Cc1cnc(CNc2nc(C)nc3[nH]ncc23)cn1.Cc1nc(NCc2cnc(CO)cn2)c2cn[nH]c2n1.OCc1cnc(CNc2ncnc3[nH]ccc23)cn1.OCc1cnc(CNc2ncnc3[nH]ncc23)cn1. The molecule has 12 aromatic heterocycles. The minimum atomic E-state index is -0.110. The van der Waals surface area contributed by atoms with E-state index in [1.54, 1.807) is 68.2 Å². The molecular weight excluding hydrogens is 991 g/mol. The fraction of sp³-hybridized carbons (Fsp3) is 0.213. The van der Waals surface area contributed by atoms with Crippen LogP contribution >= 0.6 is 0 Å². The van der Waals surface area contributed by atoms with Gasteiger partial charge < -0.3 is 41.6 Å². The van der Waals surface area contributed by atoms with Crippen molar-refractivity contribution in [2.24, 2.45) is 0 Å². The minimum Gasteiger partial charge on any atom is -0.390 e. The average Bonchev–Trinajstić information content (AvgIpc) is 4.33. The molecule has 0 bridgehead atoms. The Labute approximate surface area is 435 Å². The van der Waals surface area contributed by atoms with Crippen LogP contribution in [0.3, 0.4) is 0 Å². The standard InChI is InChI=1S/C12H13N7O.C12H13N7.C12H12N6O.C11H11N7O/c1-7-17-11(10-5-16-19-12(10)18-7)15-3-8-2-14-9(6-20)4-13-8;1-7-3-14-9(4-13-7)5-15-11-10-6-16-19-12(10)18-8(2)17-11;19-6-9-5-14-8(3-15-9)4-16-12-10-1-2-13-11(10)17-7-18-12;19-5-8-3-12-7(1-13-8)2-14-10-9-4-17-18-11(9)16-6-15-10/h2,4-5,20H,3,6H2,1H3,(H2,15,16,17,18,19);3-4,6H,5H2,1-2H3,(H2,15,16,17,18,19);1-3,5,7,19H,4,6H2,(H2,13,16,17,18);1,3-4,6,19H,2,5H2,(H2,14,15,16,17,18). The first-order chi connectivity index (χ1) is 37.7. The predicted molar refractivity (Wildman–Crippen MR) is 278 cm³/mol. The van der Waals surface area contributed by atoms with E-state index in [4.69, 9.17) is 15.3 Å². The summed E-state index contributed by atoms with van der Waals surface area (Å²) in [5.74, 6) is 4.24. The van der Waals surface area contributed by atoms with E-state index < -0.39 is 0 Å². The monoisotopic (exact) mass is 1040 g/mol. The normalized spacial score (nSPS) is 10.8. The number of aliphatic hydroxyl groups excluding tert-OH is 3. The summed E-state index contributed by atoms with van der Waals surface area (Å²) in [4.78, 5) is 70.1. The van der Waals surface area contributed by atoms with Gasteiger partial charge in [0.25, 0.3) is 0 Å². The quantitative estimate of drug-likeness (QED) is 0.0703. The maximum atomic E-state index is 8.92. The number of fused-ring (bicyclic) bond motifs is 4. The number of rotatable bonds is 15. The van der Waals surface area contributed by atoms with E-state index in [-0.39, 0.29) is 19.8 Å². The average molecular weight is 1040 g/mol. The minimum absolute atomic E-state index is 0.101. The van der Waals surface area contributed by atoms with Crippen LogP contribution < -0.4 is 21.3 Å². The largest absolute Gasteiger partial charge is 0.390 e. The molecule has 390 valence electrons. The smallest absolute Gasteiger partial charge is 0.161 e. The van der Waals surface area contributed by atoms with Gasteiger partial charge in [0, 0.05) is 12.4 Å². The first-order valence-corrected chi connectivity index (χ1v) is 23.4. The number of H-pyrrole nitrogens is 4. The van der Waals surface area contributed by atoms with Crippen molar-refractivity contribution in [3.8, 4) is 0 Å². The number of aromatic amines is 4. The van der Waals surface area contributed by atoms with Gasteiger partial charge in [0.1, 0.15) is 53.2 Å². The molecule has 0 saturated heterocycles. The van der Waals surface area contributed by atoms with Crippen molar-refractivity contribution in [3.63, 3.8) is 0 Å². The van der Waals surface area contributed by atoms with Gasteiger partial charge >= 0.3 is 0 Å². The van der Waals surface area contributed by atoms with Gasteiger partial charge in [-0.1, -0.05) is 0 Å². The van der Waals surface area contributed by atoms with E-state index >= 15 is 0 Å². The van der Waals surface area contributed by atoms with Gasteiger partial charge in [-0.3, -0.25) is 55.2 Å². The summed E-state index contributed by atoms with van der Waals surface area (Å²) in [6.07, 6.45) is 22.9. The molecule has 0 aromatic carbocycles. The lowest BCUT2D eigenvalue weighted by Crippen LogP contribution is -2.06. The van der Waals surface area contributed by atoms with E-state index in [9.17, 15) is 0 Å². The lowest BCUT2D eigenvalue weighted by molar-refractivity contribution is 0.276. The van der Waals surface area contributed by atoms with Gasteiger partial charge in [0.05, 0.1) is 175 Å². The lowest BCUT2D eigenvalue weighted by atomic mass is 10.3. The molecule has 30 nitrogen and oxygen atoms in total. The third kappa shape index (κ3) is 13.6. The first-order valence-electron chi connectivity index (χ1n) is 23.4. The number of nitrogens with one attached hydrogen (secondary N) is 8. The Morgan fingerprint density at radius 1 is 0.364 bits per heavy atom. The maximum Gasteiger partial charge on any atom is 0.161 e. The molecule has 0 unspecified atom stereocenters. The molecule has 0 radical (unpaired) electrons. The van der Waals surface area contributed by atoms with Crippen molar-refractivity contribution in [1.29, 1.82) is 0 Å². The van der Waals surface area contributed by atoms with E-state index in [0.29, 0.717) is 77.8 Å². The van der Waals surface area contributed by atoms with Crippen LogP contribution in [0.15, 0.2) is 93.1 Å². The summed E-state index contributed by atoms with van der Waals surface area (Å²) in [6.45, 7) is 7.29. The molecule has 0 aliphatic heterocycles. The molecule has 0 atom stereocenters. The Morgan fingerprint density at radius 3 is 1.17 bits per heavy atom. The third-order valence-electron chi connectivity index (χ3n) is 10.8. The fourth-order valence-electron chi connectivity index (χ4n) is 6.95. The van der Waals surface area contributed by atoms with Gasteiger partial charge in [0.2, 0.25) is 0 Å². The molecule has 0 spiro atoms. The highest BCUT2D eigenvalue weighted by atomic mass is 16.3. The second kappa shape index (κ2) is 25.1. The second-order valence-corrected chi connectivity index (χ2v) is 16.4. The molecule has 12 aromatic rings. The molecule has 11 N–H and O–H groups in total. The number of nitrogens with zero attached hydrogens (tertiary/aromatic N) is 19. The van der Waals surface area contributed by atoms with Crippen LogP contribution in [0.25, 0.3) is 44.1 Å². The molecule has 0 aliphatic rings. The molecule has 0 fully saturated rings. The van der Waals surface area contributed by atoms with Crippen LogP contribution in [0.5, 0.6) is 0 Å². The molecule has 30 heteroatoms. The number of hydrogen-bond donors (Lipinski definition) is 11. The van der Waals surface area contributed by atoms with Crippen molar-refractivity contribution in [2.75, 3.05) is 21.3 Å². The van der Waals surface area contributed by atoms with Gasteiger partial charge in [-0.25, -0.2) is 39.9 Å². The summed E-state index contributed by atoms with van der Waals surface area (Å²) < 4.78 is 0. The van der Waals surface area contributed by atoms with Crippen LogP contribution in [0, 0.1) is 20.8 Å². The Bertz CT molecular complexity index is 3650. The molecule has 12 rings (SSSR count). The highest BCUT2D eigenvalue weighted by Crippen LogP contribution is 2.21. The molecule has 0 amide bonds. The van der Waals surface area contributed by atoms with Crippen LogP contribution in [-0.4, -0.2) is 131 Å². The number of aliphatic hydroxyl groups is 3. The van der Waals surface area contributed by atoms with Gasteiger partial charge in [-0.2, -0.15) is 15.3 Å². The van der Waals surface area contributed by atoms with E-state index in [2.05, 4.69) is 137 Å². The van der Waals surface area contributed by atoms with Crippen molar-refractivity contribution < 1.29 is 15.3 Å². The van der Waals surface area contributed by atoms with Crippen LogP contribution in [-0.2, 0) is 46.0 Å². The third-order valence-corrected chi connectivity index (χ3v) is 10.8.